The minimum absolute atomic E-state index is 0.176. The number of fused-ring (bicyclic) bond motifs is 1. The van der Waals surface area contributed by atoms with Crippen molar-refractivity contribution in [3.63, 3.8) is 0 Å². The number of para-hydroxylation sites is 1. The van der Waals surface area contributed by atoms with Crippen molar-refractivity contribution in [2.24, 2.45) is 0 Å². The van der Waals surface area contributed by atoms with Crippen LogP contribution in [-0.2, 0) is 6.54 Å². The Balaban J connectivity index is 1.63. The molecule has 0 aliphatic carbocycles. The van der Waals surface area contributed by atoms with E-state index in [-0.39, 0.29) is 5.38 Å². The first-order valence-electron chi connectivity index (χ1n) is 7.99. The van der Waals surface area contributed by atoms with Crippen LogP contribution in [-0.4, -0.2) is 19.7 Å². The molecule has 4 aromatic rings. The smallest absolute Gasteiger partial charge is 0.163 e. The van der Waals surface area contributed by atoms with Gasteiger partial charge in [0, 0.05) is 5.69 Å². The molecule has 2 aromatic heterocycles. The van der Waals surface area contributed by atoms with Gasteiger partial charge in [0.05, 0.1) is 23.5 Å². The van der Waals surface area contributed by atoms with Crippen LogP contribution in [0.1, 0.15) is 10.9 Å². The second-order valence-corrected chi connectivity index (χ2v) is 6.18. The summed E-state index contributed by atoms with van der Waals surface area (Å²) in [7, 11) is 0. The van der Waals surface area contributed by atoms with Crippen LogP contribution in [0.4, 0.5) is 11.5 Å². The SMILES string of the molecule is ClC(Cn1ncc2c(Nc3ccccc3)ncnc21)c1ccccc1. The van der Waals surface area contributed by atoms with Gasteiger partial charge in [0.25, 0.3) is 0 Å². The molecule has 4 rings (SSSR count). The van der Waals surface area contributed by atoms with Gasteiger partial charge in [0.2, 0.25) is 0 Å². The Hall–Kier alpha value is -2.92. The highest BCUT2D eigenvalue weighted by molar-refractivity contribution is 6.20. The van der Waals surface area contributed by atoms with E-state index < -0.39 is 0 Å². The molecule has 2 aromatic carbocycles. The topological polar surface area (TPSA) is 55.6 Å². The third kappa shape index (κ3) is 3.32. The molecule has 0 amide bonds. The lowest BCUT2D eigenvalue weighted by atomic mass is 10.1. The summed E-state index contributed by atoms with van der Waals surface area (Å²) in [5, 5.41) is 8.45. The zero-order chi connectivity index (χ0) is 17.1. The molecule has 0 saturated heterocycles. The molecule has 5 nitrogen and oxygen atoms in total. The summed E-state index contributed by atoms with van der Waals surface area (Å²) in [6.07, 6.45) is 3.31. The van der Waals surface area contributed by atoms with Crippen molar-refractivity contribution in [3.8, 4) is 0 Å². The first-order chi connectivity index (χ1) is 12.3. The third-order valence-corrected chi connectivity index (χ3v) is 4.35. The highest BCUT2D eigenvalue weighted by Gasteiger charge is 2.14. The minimum atomic E-state index is -0.176. The van der Waals surface area contributed by atoms with Crippen molar-refractivity contribution in [2.45, 2.75) is 11.9 Å². The number of nitrogens with one attached hydrogen (secondary N) is 1. The Bertz CT molecular complexity index is 969. The molecule has 0 saturated carbocycles. The average molecular weight is 350 g/mol. The van der Waals surface area contributed by atoms with Crippen LogP contribution in [0.15, 0.2) is 73.2 Å². The van der Waals surface area contributed by atoms with E-state index in [1.54, 1.807) is 6.20 Å². The first kappa shape index (κ1) is 15.6. The molecule has 0 aliphatic rings. The van der Waals surface area contributed by atoms with E-state index in [1.807, 2.05) is 65.3 Å². The van der Waals surface area contributed by atoms with Gasteiger partial charge in [-0.3, -0.25) is 0 Å². The fourth-order valence-electron chi connectivity index (χ4n) is 2.70. The number of rotatable bonds is 5. The third-order valence-electron chi connectivity index (χ3n) is 3.96. The number of anilines is 2. The van der Waals surface area contributed by atoms with Crippen LogP contribution < -0.4 is 5.32 Å². The second-order valence-electron chi connectivity index (χ2n) is 5.66. The fourth-order valence-corrected chi connectivity index (χ4v) is 2.98. The average Bonchev–Trinajstić information content (AvgIpc) is 3.07. The molecule has 1 unspecified atom stereocenters. The van der Waals surface area contributed by atoms with Gasteiger partial charge in [0.15, 0.2) is 5.65 Å². The minimum Gasteiger partial charge on any atom is -0.340 e. The van der Waals surface area contributed by atoms with E-state index >= 15 is 0 Å². The number of nitrogens with zero attached hydrogens (tertiary/aromatic N) is 4. The number of aromatic nitrogens is 4. The molecule has 0 bridgehead atoms. The maximum atomic E-state index is 6.55. The van der Waals surface area contributed by atoms with Crippen LogP contribution in [0.3, 0.4) is 0 Å². The number of benzene rings is 2. The maximum absolute atomic E-state index is 6.55. The normalized spacial score (nSPS) is 12.2. The summed E-state index contributed by atoms with van der Waals surface area (Å²) >= 11 is 6.55. The molecular formula is C19H16ClN5. The zero-order valence-corrected chi connectivity index (χ0v) is 14.1. The van der Waals surface area contributed by atoms with E-state index in [2.05, 4.69) is 20.4 Å². The molecule has 124 valence electrons. The molecule has 25 heavy (non-hydrogen) atoms. The highest BCUT2D eigenvalue weighted by atomic mass is 35.5. The van der Waals surface area contributed by atoms with Crippen molar-refractivity contribution in [1.82, 2.24) is 19.7 Å². The van der Waals surface area contributed by atoms with Gasteiger partial charge in [0.1, 0.15) is 12.1 Å². The van der Waals surface area contributed by atoms with E-state index in [1.165, 1.54) is 6.33 Å². The summed E-state index contributed by atoms with van der Waals surface area (Å²) in [5.41, 5.74) is 2.79. The van der Waals surface area contributed by atoms with Crippen molar-refractivity contribution in [3.05, 3.63) is 78.8 Å². The van der Waals surface area contributed by atoms with Crippen molar-refractivity contribution < 1.29 is 0 Å². The molecule has 1 N–H and O–H groups in total. The van der Waals surface area contributed by atoms with Crippen LogP contribution >= 0.6 is 11.6 Å². The van der Waals surface area contributed by atoms with E-state index in [9.17, 15) is 0 Å². The number of hydrogen-bond donors (Lipinski definition) is 1. The van der Waals surface area contributed by atoms with Crippen LogP contribution in [0.2, 0.25) is 0 Å². The summed E-state index contributed by atoms with van der Waals surface area (Å²) in [6, 6.07) is 19.9. The second kappa shape index (κ2) is 6.91. The van der Waals surface area contributed by atoms with E-state index in [4.69, 9.17) is 11.6 Å². The number of halogens is 1. The van der Waals surface area contributed by atoms with Gasteiger partial charge in [-0.05, 0) is 17.7 Å². The Morgan fingerprint density at radius 1 is 0.960 bits per heavy atom. The molecule has 0 radical (unpaired) electrons. The predicted octanol–water partition coefficient (Wildman–Crippen LogP) is 4.55. The maximum Gasteiger partial charge on any atom is 0.163 e. The van der Waals surface area contributed by atoms with E-state index in [0.29, 0.717) is 6.54 Å². The number of hydrogen-bond acceptors (Lipinski definition) is 4. The van der Waals surface area contributed by atoms with Gasteiger partial charge >= 0.3 is 0 Å². The Kier molecular flexibility index (Phi) is 4.31. The molecule has 6 heteroatoms. The summed E-state index contributed by atoms with van der Waals surface area (Å²) in [5.74, 6) is 0.730. The molecular weight excluding hydrogens is 334 g/mol. The summed E-state index contributed by atoms with van der Waals surface area (Å²) < 4.78 is 1.82. The zero-order valence-electron chi connectivity index (χ0n) is 13.4. The van der Waals surface area contributed by atoms with Crippen molar-refractivity contribution >= 4 is 34.1 Å². The monoisotopic (exact) mass is 349 g/mol. The van der Waals surface area contributed by atoms with E-state index in [0.717, 1.165) is 28.1 Å². The van der Waals surface area contributed by atoms with Crippen LogP contribution in [0.5, 0.6) is 0 Å². The summed E-state index contributed by atoms with van der Waals surface area (Å²) in [4.78, 5) is 8.73. The quantitative estimate of drug-likeness (QED) is 0.537. The number of alkyl halides is 1. The van der Waals surface area contributed by atoms with Crippen molar-refractivity contribution in [2.75, 3.05) is 5.32 Å². The predicted molar refractivity (Wildman–Crippen MR) is 100 cm³/mol. The van der Waals surface area contributed by atoms with Gasteiger partial charge in [-0.1, -0.05) is 48.5 Å². The summed E-state index contributed by atoms with van der Waals surface area (Å²) in [6.45, 7) is 0.539. The lowest BCUT2D eigenvalue weighted by Crippen LogP contribution is -2.07. The Morgan fingerprint density at radius 2 is 1.68 bits per heavy atom. The lowest BCUT2D eigenvalue weighted by Gasteiger charge is -2.11. The first-order valence-corrected chi connectivity index (χ1v) is 8.42. The largest absolute Gasteiger partial charge is 0.340 e. The van der Waals surface area contributed by atoms with Gasteiger partial charge in [-0.15, -0.1) is 11.6 Å². The molecule has 1 atom stereocenters. The standard InChI is InChI=1S/C19H16ClN5/c20-17(14-7-3-1-4-8-14)12-25-19-16(11-23-25)18(21-13-22-19)24-15-9-5-2-6-10-15/h1-11,13,17H,12H2,(H,21,22,24). The van der Waals surface area contributed by atoms with Gasteiger partial charge < -0.3 is 5.32 Å². The Morgan fingerprint density at radius 3 is 2.44 bits per heavy atom. The highest BCUT2D eigenvalue weighted by Crippen LogP contribution is 2.26. The Labute approximate surface area is 150 Å². The molecule has 2 heterocycles. The van der Waals surface area contributed by atoms with Crippen LogP contribution in [0.25, 0.3) is 11.0 Å². The fraction of sp³-hybridized carbons (Fsp3) is 0.105. The van der Waals surface area contributed by atoms with Gasteiger partial charge in [-0.25, -0.2) is 14.6 Å². The molecule has 0 spiro atoms. The van der Waals surface area contributed by atoms with Gasteiger partial charge in [-0.2, -0.15) is 5.10 Å². The molecule has 0 aliphatic heterocycles. The molecule has 0 fully saturated rings. The van der Waals surface area contributed by atoms with Crippen molar-refractivity contribution in [1.29, 1.82) is 0 Å². The van der Waals surface area contributed by atoms with Crippen LogP contribution in [0, 0.1) is 0 Å². The lowest BCUT2D eigenvalue weighted by molar-refractivity contribution is 0.615.